The van der Waals surface area contributed by atoms with E-state index in [0.29, 0.717) is 0 Å². The summed E-state index contributed by atoms with van der Waals surface area (Å²) in [7, 11) is 0. The number of benzene rings is 1. The fourth-order valence-electron chi connectivity index (χ4n) is 1.41. The average molecular weight is 186 g/mol. The van der Waals surface area contributed by atoms with Gasteiger partial charge in [-0.2, -0.15) is 5.10 Å². The van der Waals surface area contributed by atoms with Crippen LogP contribution in [0.15, 0.2) is 36.5 Å². The number of hydrogen-bond donors (Lipinski definition) is 0. The summed E-state index contributed by atoms with van der Waals surface area (Å²) in [6.45, 7) is 2.17. The van der Waals surface area contributed by atoms with Gasteiger partial charge in [0.15, 0.2) is 0 Å². The molecule has 0 unspecified atom stereocenters. The monoisotopic (exact) mass is 186 g/mol. The molecule has 0 aliphatic rings. The molecule has 14 heavy (non-hydrogen) atoms. The molecule has 0 radical (unpaired) electrons. The van der Waals surface area contributed by atoms with Gasteiger partial charge >= 0.3 is 0 Å². The van der Waals surface area contributed by atoms with Crippen LogP contribution >= 0.6 is 0 Å². The Morgan fingerprint density at radius 3 is 3.00 bits per heavy atom. The summed E-state index contributed by atoms with van der Waals surface area (Å²) in [5, 5.41) is 5.60. The Bertz CT molecular complexity index is 407. The number of allylic oxidation sites excluding steroid dienone is 1. The molecule has 0 fully saturated rings. The zero-order valence-corrected chi connectivity index (χ0v) is 8.35. The lowest BCUT2D eigenvalue weighted by Crippen LogP contribution is -1.84. The molecule has 0 N–H and O–H groups in total. The second-order valence-corrected chi connectivity index (χ2v) is 3.34. The SMILES string of the molecule is CCC/C=C/n1cc2ccccc2n1. The third-order valence-electron chi connectivity index (χ3n) is 2.14. The first-order chi connectivity index (χ1) is 6.90. The fourth-order valence-corrected chi connectivity index (χ4v) is 1.41. The Morgan fingerprint density at radius 2 is 2.21 bits per heavy atom. The van der Waals surface area contributed by atoms with Crippen molar-refractivity contribution >= 4 is 17.1 Å². The molecule has 0 aliphatic carbocycles. The lowest BCUT2D eigenvalue weighted by molar-refractivity contribution is 0.923. The molecule has 2 rings (SSSR count). The molecule has 0 amide bonds. The van der Waals surface area contributed by atoms with Crippen LogP contribution in [-0.4, -0.2) is 9.78 Å². The molecule has 1 heterocycles. The quantitative estimate of drug-likeness (QED) is 0.719. The van der Waals surface area contributed by atoms with Crippen LogP contribution in [0.5, 0.6) is 0 Å². The van der Waals surface area contributed by atoms with E-state index < -0.39 is 0 Å². The largest absolute Gasteiger partial charge is 0.247 e. The van der Waals surface area contributed by atoms with Crippen molar-refractivity contribution in [1.82, 2.24) is 9.78 Å². The minimum Gasteiger partial charge on any atom is -0.247 e. The number of fused-ring (bicyclic) bond motifs is 1. The molecule has 0 saturated carbocycles. The molecule has 2 aromatic rings. The molecule has 1 aromatic carbocycles. The van der Waals surface area contributed by atoms with Gasteiger partial charge in [0.05, 0.1) is 5.52 Å². The van der Waals surface area contributed by atoms with E-state index in [1.54, 1.807) is 0 Å². The number of nitrogens with zero attached hydrogens (tertiary/aromatic N) is 2. The van der Waals surface area contributed by atoms with Crippen molar-refractivity contribution in [3.05, 3.63) is 36.5 Å². The maximum Gasteiger partial charge on any atom is 0.0927 e. The van der Waals surface area contributed by atoms with E-state index in [1.807, 2.05) is 35.3 Å². The van der Waals surface area contributed by atoms with Gasteiger partial charge in [-0.3, -0.25) is 0 Å². The molecule has 0 saturated heterocycles. The van der Waals surface area contributed by atoms with Gasteiger partial charge in [-0.25, -0.2) is 4.68 Å². The Labute approximate surface area is 83.9 Å². The van der Waals surface area contributed by atoms with Gasteiger partial charge in [0.25, 0.3) is 0 Å². The standard InChI is InChI=1S/C12H14N2/c1-2-3-6-9-14-10-11-7-4-5-8-12(11)13-14/h4-10H,2-3H2,1H3/b9-6+. The zero-order valence-electron chi connectivity index (χ0n) is 8.35. The van der Waals surface area contributed by atoms with Crippen LogP contribution in [-0.2, 0) is 0 Å². The van der Waals surface area contributed by atoms with Gasteiger partial charge < -0.3 is 0 Å². The van der Waals surface area contributed by atoms with Gasteiger partial charge in [-0.1, -0.05) is 37.6 Å². The van der Waals surface area contributed by atoms with Crippen molar-refractivity contribution in [1.29, 1.82) is 0 Å². The van der Waals surface area contributed by atoms with Gasteiger partial charge in [-0.05, 0) is 12.5 Å². The Hall–Kier alpha value is -1.57. The average Bonchev–Trinajstić information content (AvgIpc) is 2.60. The third-order valence-corrected chi connectivity index (χ3v) is 2.14. The molecule has 0 bridgehead atoms. The summed E-state index contributed by atoms with van der Waals surface area (Å²) < 4.78 is 1.88. The summed E-state index contributed by atoms with van der Waals surface area (Å²) >= 11 is 0. The second kappa shape index (κ2) is 4.09. The summed E-state index contributed by atoms with van der Waals surface area (Å²) in [5.41, 5.74) is 1.05. The third kappa shape index (κ3) is 1.84. The van der Waals surface area contributed by atoms with Crippen LogP contribution in [0.3, 0.4) is 0 Å². The number of rotatable bonds is 3. The maximum atomic E-state index is 4.41. The predicted octanol–water partition coefficient (Wildman–Crippen LogP) is 3.31. The highest BCUT2D eigenvalue weighted by Gasteiger charge is 1.95. The Kier molecular flexibility index (Phi) is 2.63. The van der Waals surface area contributed by atoms with Crippen LogP contribution in [0.25, 0.3) is 17.1 Å². The summed E-state index contributed by atoms with van der Waals surface area (Å²) in [5.74, 6) is 0. The van der Waals surface area contributed by atoms with Gasteiger partial charge in [0.1, 0.15) is 0 Å². The van der Waals surface area contributed by atoms with Crippen molar-refractivity contribution in [3.8, 4) is 0 Å². The molecule has 1 aromatic heterocycles. The van der Waals surface area contributed by atoms with Crippen molar-refractivity contribution in [2.24, 2.45) is 0 Å². The van der Waals surface area contributed by atoms with Crippen molar-refractivity contribution < 1.29 is 0 Å². The Balaban J connectivity index is 2.27. The minimum atomic E-state index is 1.05. The summed E-state index contributed by atoms with van der Waals surface area (Å²) in [6, 6.07) is 8.14. The molecule has 0 spiro atoms. The van der Waals surface area contributed by atoms with Crippen molar-refractivity contribution in [2.75, 3.05) is 0 Å². The van der Waals surface area contributed by atoms with Crippen LogP contribution < -0.4 is 0 Å². The van der Waals surface area contributed by atoms with E-state index in [1.165, 1.54) is 11.8 Å². The first-order valence-corrected chi connectivity index (χ1v) is 5.00. The molecule has 0 aliphatic heterocycles. The summed E-state index contributed by atoms with van der Waals surface area (Å²) in [6.07, 6.45) is 8.49. The van der Waals surface area contributed by atoms with E-state index >= 15 is 0 Å². The second-order valence-electron chi connectivity index (χ2n) is 3.34. The van der Waals surface area contributed by atoms with E-state index in [0.717, 1.165) is 11.9 Å². The molecule has 0 atom stereocenters. The Morgan fingerprint density at radius 1 is 1.36 bits per heavy atom. The number of hydrogen-bond acceptors (Lipinski definition) is 1. The van der Waals surface area contributed by atoms with Gasteiger partial charge in [-0.15, -0.1) is 0 Å². The molecular weight excluding hydrogens is 172 g/mol. The number of unbranched alkanes of at least 4 members (excludes halogenated alkanes) is 1. The zero-order chi connectivity index (χ0) is 9.80. The molecular formula is C12H14N2. The van der Waals surface area contributed by atoms with Crippen molar-refractivity contribution in [2.45, 2.75) is 19.8 Å². The lowest BCUT2D eigenvalue weighted by atomic mass is 10.3. The van der Waals surface area contributed by atoms with Crippen molar-refractivity contribution in [3.63, 3.8) is 0 Å². The highest BCUT2D eigenvalue weighted by atomic mass is 15.3. The fraction of sp³-hybridized carbons (Fsp3) is 0.250. The maximum absolute atomic E-state index is 4.41. The van der Waals surface area contributed by atoms with E-state index in [4.69, 9.17) is 0 Å². The minimum absolute atomic E-state index is 1.05. The van der Waals surface area contributed by atoms with Crippen LogP contribution in [0.4, 0.5) is 0 Å². The highest BCUT2D eigenvalue weighted by molar-refractivity contribution is 5.78. The molecule has 72 valence electrons. The van der Waals surface area contributed by atoms with Gasteiger partial charge in [0.2, 0.25) is 0 Å². The first kappa shape index (κ1) is 9.00. The van der Waals surface area contributed by atoms with Crippen LogP contribution in [0, 0.1) is 0 Å². The smallest absolute Gasteiger partial charge is 0.0927 e. The van der Waals surface area contributed by atoms with Crippen LogP contribution in [0.2, 0.25) is 0 Å². The highest BCUT2D eigenvalue weighted by Crippen LogP contribution is 2.10. The lowest BCUT2D eigenvalue weighted by Gasteiger charge is -1.88. The molecule has 2 heteroatoms. The normalized spacial score (nSPS) is 11.5. The van der Waals surface area contributed by atoms with E-state index in [2.05, 4.69) is 24.2 Å². The first-order valence-electron chi connectivity index (χ1n) is 5.00. The van der Waals surface area contributed by atoms with E-state index in [9.17, 15) is 0 Å². The van der Waals surface area contributed by atoms with Gasteiger partial charge in [0, 0.05) is 17.8 Å². The van der Waals surface area contributed by atoms with Crippen LogP contribution in [0.1, 0.15) is 19.8 Å². The topological polar surface area (TPSA) is 17.8 Å². The predicted molar refractivity (Wildman–Crippen MR) is 60.0 cm³/mol. The number of aromatic nitrogens is 2. The molecule has 2 nitrogen and oxygen atoms in total. The van der Waals surface area contributed by atoms with E-state index in [-0.39, 0.29) is 0 Å². The summed E-state index contributed by atoms with van der Waals surface area (Å²) in [4.78, 5) is 0.